The molecular formula is C17H19Cl2N. The Labute approximate surface area is 130 Å². The average Bonchev–Trinajstić information content (AvgIpc) is 2.49. The van der Waals surface area contributed by atoms with Gasteiger partial charge in [0.25, 0.3) is 0 Å². The van der Waals surface area contributed by atoms with E-state index in [2.05, 4.69) is 19.1 Å². The van der Waals surface area contributed by atoms with Gasteiger partial charge in [-0.1, -0.05) is 66.5 Å². The summed E-state index contributed by atoms with van der Waals surface area (Å²) in [6.45, 7) is 2.72. The van der Waals surface area contributed by atoms with Gasteiger partial charge >= 0.3 is 0 Å². The third-order valence-electron chi connectivity index (χ3n) is 4.03. The van der Waals surface area contributed by atoms with E-state index in [1.54, 1.807) is 0 Å². The fourth-order valence-electron chi connectivity index (χ4n) is 2.60. The van der Waals surface area contributed by atoms with E-state index in [0.717, 1.165) is 18.4 Å². The minimum absolute atomic E-state index is 0.129. The predicted molar refractivity (Wildman–Crippen MR) is 87.6 cm³/mol. The van der Waals surface area contributed by atoms with Crippen molar-refractivity contribution in [3.05, 3.63) is 69.7 Å². The molecule has 0 saturated heterocycles. The molecule has 0 saturated carbocycles. The standard InChI is InChI=1S/C17H19Cl2N/c1-2-17(12-20,13-7-4-3-5-8-13)11-14-15(18)9-6-10-16(14)19/h3-10H,2,11-12,20H2,1H3. The summed E-state index contributed by atoms with van der Waals surface area (Å²) < 4.78 is 0. The number of hydrogen-bond donors (Lipinski definition) is 1. The number of nitrogens with two attached hydrogens (primary N) is 1. The second kappa shape index (κ2) is 6.62. The number of benzene rings is 2. The molecule has 0 fully saturated rings. The molecule has 0 bridgehead atoms. The van der Waals surface area contributed by atoms with Crippen molar-refractivity contribution in [3.63, 3.8) is 0 Å². The molecule has 2 aromatic rings. The first-order valence-corrected chi connectivity index (χ1v) is 7.57. The molecule has 2 N–H and O–H groups in total. The van der Waals surface area contributed by atoms with Crippen LogP contribution >= 0.6 is 23.2 Å². The van der Waals surface area contributed by atoms with E-state index in [-0.39, 0.29) is 5.41 Å². The van der Waals surface area contributed by atoms with Gasteiger partial charge in [0, 0.05) is 22.0 Å². The summed E-state index contributed by atoms with van der Waals surface area (Å²) in [5.41, 5.74) is 8.20. The zero-order chi connectivity index (χ0) is 14.6. The fourth-order valence-corrected chi connectivity index (χ4v) is 3.13. The van der Waals surface area contributed by atoms with Gasteiger partial charge in [0.15, 0.2) is 0 Å². The molecule has 2 rings (SSSR count). The Hall–Kier alpha value is -1.02. The minimum atomic E-state index is -0.129. The molecular weight excluding hydrogens is 289 g/mol. The van der Waals surface area contributed by atoms with Crippen LogP contribution in [0, 0.1) is 0 Å². The van der Waals surface area contributed by atoms with Gasteiger partial charge < -0.3 is 5.73 Å². The van der Waals surface area contributed by atoms with Crippen LogP contribution in [0.1, 0.15) is 24.5 Å². The molecule has 0 heterocycles. The van der Waals surface area contributed by atoms with E-state index in [0.29, 0.717) is 16.6 Å². The molecule has 20 heavy (non-hydrogen) atoms. The van der Waals surface area contributed by atoms with Crippen molar-refractivity contribution < 1.29 is 0 Å². The summed E-state index contributed by atoms with van der Waals surface area (Å²) in [5.74, 6) is 0. The first-order chi connectivity index (χ1) is 9.63. The Balaban J connectivity index is 2.45. The van der Waals surface area contributed by atoms with Gasteiger partial charge in [-0.25, -0.2) is 0 Å². The van der Waals surface area contributed by atoms with Gasteiger partial charge in [0.2, 0.25) is 0 Å². The summed E-state index contributed by atoms with van der Waals surface area (Å²) in [6, 6.07) is 16.0. The Morgan fingerprint density at radius 1 is 0.950 bits per heavy atom. The Bertz CT molecular complexity index is 542. The van der Waals surface area contributed by atoms with Crippen molar-refractivity contribution in [1.82, 2.24) is 0 Å². The summed E-state index contributed by atoms with van der Waals surface area (Å²) in [4.78, 5) is 0. The molecule has 1 nitrogen and oxygen atoms in total. The molecule has 1 unspecified atom stereocenters. The van der Waals surface area contributed by atoms with Crippen molar-refractivity contribution in [2.24, 2.45) is 5.73 Å². The average molecular weight is 308 g/mol. The number of halogens is 2. The summed E-state index contributed by atoms with van der Waals surface area (Å²) in [7, 11) is 0. The predicted octanol–water partition coefficient (Wildman–Crippen LogP) is 4.84. The topological polar surface area (TPSA) is 26.0 Å². The van der Waals surface area contributed by atoms with Gasteiger partial charge in [-0.3, -0.25) is 0 Å². The van der Waals surface area contributed by atoms with Crippen LogP contribution in [0.25, 0.3) is 0 Å². The lowest BCUT2D eigenvalue weighted by atomic mass is 9.73. The van der Waals surface area contributed by atoms with Crippen LogP contribution in [0.5, 0.6) is 0 Å². The molecule has 0 aliphatic heterocycles. The van der Waals surface area contributed by atoms with Crippen LogP contribution in [0.4, 0.5) is 0 Å². The lowest BCUT2D eigenvalue weighted by molar-refractivity contribution is 0.418. The maximum Gasteiger partial charge on any atom is 0.0453 e. The van der Waals surface area contributed by atoms with Crippen molar-refractivity contribution in [1.29, 1.82) is 0 Å². The van der Waals surface area contributed by atoms with Gasteiger partial charge in [0.1, 0.15) is 0 Å². The van der Waals surface area contributed by atoms with Crippen molar-refractivity contribution in [3.8, 4) is 0 Å². The quantitative estimate of drug-likeness (QED) is 0.840. The highest BCUT2D eigenvalue weighted by atomic mass is 35.5. The zero-order valence-corrected chi connectivity index (χ0v) is 13.1. The number of hydrogen-bond acceptors (Lipinski definition) is 1. The van der Waals surface area contributed by atoms with Gasteiger partial charge in [0.05, 0.1) is 0 Å². The molecule has 2 aromatic carbocycles. The summed E-state index contributed by atoms with van der Waals surface area (Å²) >= 11 is 12.6. The monoisotopic (exact) mass is 307 g/mol. The Morgan fingerprint density at radius 3 is 2.05 bits per heavy atom. The van der Waals surface area contributed by atoms with Crippen LogP contribution in [-0.2, 0) is 11.8 Å². The van der Waals surface area contributed by atoms with Crippen molar-refractivity contribution in [2.75, 3.05) is 6.54 Å². The fraction of sp³-hybridized carbons (Fsp3) is 0.294. The zero-order valence-electron chi connectivity index (χ0n) is 11.6. The van der Waals surface area contributed by atoms with E-state index in [9.17, 15) is 0 Å². The molecule has 0 amide bonds. The molecule has 0 spiro atoms. The largest absolute Gasteiger partial charge is 0.330 e. The Kier molecular flexibility index (Phi) is 5.09. The third-order valence-corrected chi connectivity index (χ3v) is 4.74. The maximum absolute atomic E-state index is 6.31. The van der Waals surface area contributed by atoms with E-state index in [4.69, 9.17) is 28.9 Å². The van der Waals surface area contributed by atoms with E-state index in [1.807, 2.05) is 36.4 Å². The normalized spacial score (nSPS) is 14.0. The lowest BCUT2D eigenvalue weighted by Gasteiger charge is -2.33. The second-order valence-corrected chi connectivity index (χ2v) is 5.90. The highest BCUT2D eigenvalue weighted by Gasteiger charge is 2.30. The molecule has 0 radical (unpaired) electrons. The van der Waals surface area contributed by atoms with Gasteiger partial charge in [-0.2, -0.15) is 0 Å². The van der Waals surface area contributed by atoms with Crippen LogP contribution in [-0.4, -0.2) is 6.54 Å². The first kappa shape index (κ1) is 15.4. The van der Waals surface area contributed by atoms with Crippen molar-refractivity contribution >= 4 is 23.2 Å². The highest BCUT2D eigenvalue weighted by molar-refractivity contribution is 6.36. The lowest BCUT2D eigenvalue weighted by Crippen LogP contribution is -2.37. The SMILES string of the molecule is CCC(CN)(Cc1c(Cl)cccc1Cl)c1ccccc1. The summed E-state index contributed by atoms with van der Waals surface area (Å²) in [5, 5.41) is 1.42. The van der Waals surface area contributed by atoms with Crippen LogP contribution < -0.4 is 5.73 Å². The van der Waals surface area contributed by atoms with Crippen LogP contribution in [0.3, 0.4) is 0 Å². The minimum Gasteiger partial charge on any atom is -0.330 e. The second-order valence-electron chi connectivity index (χ2n) is 5.08. The van der Waals surface area contributed by atoms with E-state index in [1.165, 1.54) is 5.56 Å². The van der Waals surface area contributed by atoms with Crippen molar-refractivity contribution in [2.45, 2.75) is 25.2 Å². The van der Waals surface area contributed by atoms with Crippen LogP contribution in [0.2, 0.25) is 10.0 Å². The van der Waals surface area contributed by atoms with E-state index < -0.39 is 0 Å². The van der Waals surface area contributed by atoms with E-state index >= 15 is 0 Å². The smallest absolute Gasteiger partial charge is 0.0453 e. The molecule has 0 aromatic heterocycles. The molecule has 0 aliphatic rings. The highest BCUT2D eigenvalue weighted by Crippen LogP contribution is 2.36. The van der Waals surface area contributed by atoms with Gasteiger partial charge in [-0.05, 0) is 36.1 Å². The van der Waals surface area contributed by atoms with Crippen LogP contribution in [0.15, 0.2) is 48.5 Å². The maximum atomic E-state index is 6.31. The number of rotatable bonds is 5. The molecule has 0 aliphatic carbocycles. The molecule has 3 heteroatoms. The molecule has 106 valence electrons. The molecule has 1 atom stereocenters. The first-order valence-electron chi connectivity index (χ1n) is 6.81. The summed E-state index contributed by atoms with van der Waals surface area (Å²) in [6.07, 6.45) is 1.69. The third kappa shape index (κ3) is 3.01. The Morgan fingerprint density at radius 2 is 1.55 bits per heavy atom. The van der Waals surface area contributed by atoms with Gasteiger partial charge in [-0.15, -0.1) is 0 Å².